The Labute approximate surface area is 446 Å². The molecule has 0 aromatic carbocycles. The fourth-order valence-corrected chi connectivity index (χ4v) is 15.6. The van der Waals surface area contributed by atoms with Gasteiger partial charge in [-0.2, -0.15) is 15.3 Å². The van der Waals surface area contributed by atoms with E-state index in [-0.39, 0.29) is 53.1 Å². The van der Waals surface area contributed by atoms with Gasteiger partial charge in [0.2, 0.25) is 30.1 Å². The number of nitrogens with one attached hydrogen (secondary N) is 5. The summed E-state index contributed by atoms with van der Waals surface area (Å²) in [6.45, 7) is 5.57. The fraction of sp³-hybridized carbons (Fsp3) is 0.510. The summed E-state index contributed by atoms with van der Waals surface area (Å²) in [4.78, 5) is 14.9. The van der Waals surface area contributed by atoms with Gasteiger partial charge in [0.25, 0.3) is 0 Å². The van der Waals surface area contributed by atoms with E-state index in [4.69, 9.17) is 0 Å². The Morgan fingerprint density at radius 1 is 0.539 bits per heavy atom. The molecule has 3 aromatic heterocycles. The lowest BCUT2D eigenvalue weighted by Crippen LogP contribution is -2.54. The third-order valence-corrected chi connectivity index (χ3v) is 20.3. The second-order valence-electron chi connectivity index (χ2n) is 21.1. The van der Waals surface area contributed by atoms with Gasteiger partial charge in [-0.25, -0.2) is 39.4 Å². The van der Waals surface area contributed by atoms with Gasteiger partial charge in [-0.1, -0.05) is 57.2 Å². The van der Waals surface area contributed by atoms with Crippen LogP contribution in [0, 0.1) is 17.8 Å². The third kappa shape index (κ3) is 11.1. The molecule has 21 nitrogen and oxygen atoms in total. The molecule has 3 saturated carbocycles. The first-order chi connectivity index (χ1) is 36.4. The Kier molecular flexibility index (Phi) is 15.7. The number of fused-ring (bicyclic) bond motifs is 9. The first kappa shape index (κ1) is 54.2. The molecule has 6 aliphatic carbocycles. The lowest BCUT2D eigenvalue weighted by molar-refractivity contribution is 0.315. The van der Waals surface area contributed by atoms with Gasteiger partial charge in [-0.05, 0) is 57.8 Å². The van der Waals surface area contributed by atoms with Crippen LogP contribution in [0.15, 0.2) is 52.1 Å². The molecule has 0 unspecified atom stereocenters. The Morgan fingerprint density at radius 2 is 0.868 bits per heavy atom. The van der Waals surface area contributed by atoms with Crippen LogP contribution in [0.4, 0.5) is 0 Å². The molecule has 6 heterocycles. The van der Waals surface area contributed by atoms with Gasteiger partial charge in [0, 0.05) is 131 Å². The van der Waals surface area contributed by atoms with Gasteiger partial charge < -0.3 is 30.7 Å². The first-order valence-corrected chi connectivity index (χ1v) is 31.4. The smallest absolute Gasteiger partial charge is 0.428 e. The molecule has 76 heavy (non-hydrogen) atoms. The van der Waals surface area contributed by atoms with Crippen LogP contribution in [0.25, 0.3) is 18.2 Å². The molecule has 402 valence electrons. The molecule has 12 rings (SSSR count). The average molecular weight is 1090 g/mol. The minimum absolute atomic E-state index is 0.0368. The van der Waals surface area contributed by atoms with Crippen molar-refractivity contribution < 1.29 is 40.3 Å². The molecule has 0 atom stereocenters. The maximum Gasteiger partial charge on any atom is 0.468 e. The highest BCUT2D eigenvalue weighted by atomic mass is 32.2. The Balaban J connectivity index is 0.000000130. The molecule has 3 aliphatic heterocycles. The molecular formula is C49H65B3N12O9S3. The van der Waals surface area contributed by atoms with Crippen molar-refractivity contribution in [3.05, 3.63) is 87.3 Å². The van der Waals surface area contributed by atoms with E-state index in [0.717, 1.165) is 142 Å². The summed E-state index contributed by atoms with van der Waals surface area (Å²) in [5.41, 5.74) is 14.0. The molecule has 0 spiro atoms. The SMILES string of the molecule is CCCS(=O)(=O)NC1CC(C2=NN(C)B(O)c3cnc4c(c32)C=CC4)C1.CCCS(=O)(=O)NC1CC(C2=NNB(O)c3cnc4c(c32)C=CC4)C1.CCCS(=O)(=O)NC1CC(C2=NNB(O)c3cnc4c(c32)C=CC4)C1. The van der Waals surface area contributed by atoms with Crippen LogP contribution < -0.4 is 41.2 Å². The summed E-state index contributed by atoms with van der Waals surface area (Å²) in [6, 6.07) is -0.111. The summed E-state index contributed by atoms with van der Waals surface area (Å²) in [5, 5.41) is 49.8. The summed E-state index contributed by atoms with van der Waals surface area (Å²) in [7, 11) is -10.4. The molecule has 0 saturated heterocycles. The molecule has 27 heteroatoms. The van der Waals surface area contributed by atoms with Gasteiger partial charge in [0.1, 0.15) is 0 Å². The van der Waals surface area contributed by atoms with Gasteiger partial charge in [-0.15, -0.1) is 0 Å². The van der Waals surface area contributed by atoms with E-state index in [1.165, 1.54) is 0 Å². The highest BCUT2D eigenvalue weighted by molar-refractivity contribution is 7.90. The van der Waals surface area contributed by atoms with E-state index in [1.807, 2.05) is 32.9 Å². The highest BCUT2D eigenvalue weighted by Crippen LogP contribution is 2.38. The molecular weight excluding hydrogens is 1030 g/mol. The van der Waals surface area contributed by atoms with Crippen molar-refractivity contribution in [2.75, 3.05) is 24.3 Å². The fourth-order valence-electron chi connectivity index (χ4n) is 11.5. The summed E-state index contributed by atoms with van der Waals surface area (Å²) >= 11 is 0. The zero-order valence-corrected chi connectivity index (χ0v) is 45.6. The molecule has 0 amide bonds. The van der Waals surface area contributed by atoms with Crippen molar-refractivity contribution in [2.45, 2.75) is 116 Å². The van der Waals surface area contributed by atoms with Crippen LogP contribution >= 0.6 is 0 Å². The van der Waals surface area contributed by atoms with E-state index in [0.29, 0.717) is 19.3 Å². The van der Waals surface area contributed by atoms with Crippen LogP contribution in [0.3, 0.4) is 0 Å². The van der Waals surface area contributed by atoms with Crippen molar-refractivity contribution in [2.24, 2.45) is 33.1 Å². The van der Waals surface area contributed by atoms with Crippen LogP contribution in [0.1, 0.15) is 129 Å². The maximum absolute atomic E-state index is 12.0. The Bertz CT molecular complexity index is 3160. The minimum Gasteiger partial charge on any atom is -0.428 e. The van der Waals surface area contributed by atoms with Crippen molar-refractivity contribution in [3.8, 4) is 0 Å². The van der Waals surface area contributed by atoms with Crippen molar-refractivity contribution in [3.63, 3.8) is 0 Å². The zero-order chi connectivity index (χ0) is 53.7. The van der Waals surface area contributed by atoms with E-state index >= 15 is 0 Å². The summed E-state index contributed by atoms with van der Waals surface area (Å²) < 4.78 is 79.9. The van der Waals surface area contributed by atoms with Crippen molar-refractivity contribution >= 4 is 103 Å². The number of pyridine rings is 3. The van der Waals surface area contributed by atoms with Crippen LogP contribution in [0.5, 0.6) is 0 Å². The van der Waals surface area contributed by atoms with E-state index in [2.05, 4.69) is 79.4 Å². The summed E-state index contributed by atoms with van der Waals surface area (Å²) in [6.07, 6.45) is 26.1. The largest absolute Gasteiger partial charge is 0.468 e. The molecule has 8 N–H and O–H groups in total. The number of aromatic nitrogens is 3. The number of sulfonamides is 3. The van der Waals surface area contributed by atoms with Gasteiger partial charge in [0.05, 0.1) is 51.5 Å². The topological polar surface area (TPSA) is 302 Å². The molecule has 0 radical (unpaired) electrons. The molecule has 9 aliphatic rings. The lowest BCUT2D eigenvalue weighted by atomic mass is 9.65. The van der Waals surface area contributed by atoms with Crippen LogP contribution in [0.2, 0.25) is 0 Å². The van der Waals surface area contributed by atoms with Crippen LogP contribution in [-0.4, -0.2) is 141 Å². The number of allylic oxidation sites excluding steroid dienone is 3. The third-order valence-electron chi connectivity index (χ3n) is 15.4. The molecule has 3 aromatic rings. The van der Waals surface area contributed by atoms with Crippen molar-refractivity contribution in [1.82, 2.24) is 44.7 Å². The Hall–Kier alpha value is -5.12. The monoisotopic (exact) mass is 1090 g/mol. The molecule has 0 bridgehead atoms. The summed E-state index contributed by atoms with van der Waals surface area (Å²) in [5.74, 6) is 1.02. The van der Waals surface area contributed by atoms with Gasteiger partial charge in [-0.3, -0.25) is 15.0 Å². The number of hydrogen-bond acceptors (Lipinski definition) is 18. The van der Waals surface area contributed by atoms with E-state index in [9.17, 15) is 40.3 Å². The predicted molar refractivity (Wildman–Crippen MR) is 299 cm³/mol. The van der Waals surface area contributed by atoms with E-state index in [1.54, 1.807) is 30.6 Å². The van der Waals surface area contributed by atoms with E-state index < -0.39 is 51.2 Å². The Morgan fingerprint density at radius 3 is 1.22 bits per heavy atom. The standard InChI is InChI=1S/C17H23BN4O3S.2C16H21BN4O3S/c1-3-7-26(24,25)21-12-8-11(9-12)17-16-13-5-4-6-15(13)19-10-14(16)18(23)22(2)20-17;2*1-2-6-25(23,24)20-11-7-10(8-11)16-15-12-4-3-5-14(12)18-9-13(15)17(22)21-19-16/h4-5,10-12,21,23H,3,6-9H2,1-2H3;2*3-4,9-11,20-22H,2,5-8H2,1H3. The van der Waals surface area contributed by atoms with Crippen molar-refractivity contribution in [1.29, 1.82) is 0 Å². The number of hydrazone groups is 3. The minimum atomic E-state index is -3.20. The maximum atomic E-state index is 12.0. The second-order valence-corrected chi connectivity index (χ2v) is 26.7. The quantitative estimate of drug-likeness (QED) is 0.0899. The zero-order valence-electron chi connectivity index (χ0n) is 43.1. The van der Waals surface area contributed by atoms with Gasteiger partial charge >= 0.3 is 21.2 Å². The molecule has 3 fully saturated rings. The number of hydrogen-bond donors (Lipinski definition) is 8. The highest BCUT2D eigenvalue weighted by Gasteiger charge is 2.44. The number of rotatable bonds is 15. The second kappa shape index (κ2) is 22.0. The lowest BCUT2D eigenvalue weighted by Gasteiger charge is -2.39. The normalized spacial score (nSPS) is 24.2. The first-order valence-electron chi connectivity index (χ1n) is 26.4. The van der Waals surface area contributed by atoms with Gasteiger partial charge in [0.15, 0.2) is 0 Å². The predicted octanol–water partition coefficient (Wildman–Crippen LogP) is -0.397. The average Bonchev–Trinajstić information content (AvgIpc) is 4.18. The van der Waals surface area contributed by atoms with Crippen LogP contribution in [-0.2, 0) is 49.3 Å². The number of nitrogens with zero attached hydrogens (tertiary/aromatic N) is 7.